The highest BCUT2D eigenvalue weighted by molar-refractivity contribution is 5.89. The van der Waals surface area contributed by atoms with Crippen LogP contribution in [0.2, 0.25) is 0 Å². The lowest BCUT2D eigenvalue weighted by Crippen LogP contribution is -2.49. The molecule has 3 aromatic carbocycles. The van der Waals surface area contributed by atoms with Crippen LogP contribution in [0, 0.1) is 6.92 Å². The van der Waals surface area contributed by atoms with E-state index >= 15 is 0 Å². The molecule has 1 unspecified atom stereocenters. The first kappa shape index (κ1) is 21.3. The molecule has 4 rings (SSSR count). The van der Waals surface area contributed by atoms with Crippen molar-refractivity contribution < 1.29 is 0 Å². The van der Waals surface area contributed by atoms with E-state index in [1.54, 1.807) is 0 Å². The van der Waals surface area contributed by atoms with Gasteiger partial charge in [-0.05, 0) is 35.1 Å². The molecule has 31 heavy (non-hydrogen) atoms. The number of benzene rings is 3. The van der Waals surface area contributed by atoms with Crippen LogP contribution in [0.5, 0.6) is 0 Å². The SMILES string of the molecule is Cc1ccc(CN2CCNC(c3ccc(C(C)C)cc3)/C2=N/Cc2ccccc2)cc1. The van der Waals surface area contributed by atoms with Crippen molar-refractivity contribution in [1.82, 2.24) is 10.2 Å². The van der Waals surface area contributed by atoms with Gasteiger partial charge in [-0.1, -0.05) is 98.3 Å². The van der Waals surface area contributed by atoms with E-state index in [1.165, 1.54) is 27.8 Å². The average molecular weight is 412 g/mol. The molecule has 3 nitrogen and oxygen atoms in total. The summed E-state index contributed by atoms with van der Waals surface area (Å²) in [7, 11) is 0. The Morgan fingerprint density at radius 2 is 1.61 bits per heavy atom. The molecule has 1 atom stereocenters. The predicted molar refractivity (Wildman–Crippen MR) is 130 cm³/mol. The number of aryl methyl sites for hydroxylation is 1. The summed E-state index contributed by atoms with van der Waals surface area (Å²) < 4.78 is 0. The zero-order valence-electron chi connectivity index (χ0n) is 18.9. The van der Waals surface area contributed by atoms with Crippen LogP contribution in [0.4, 0.5) is 0 Å². The van der Waals surface area contributed by atoms with Crippen LogP contribution >= 0.6 is 0 Å². The van der Waals surface area contributed by atoms with Crippen LogP contribution in [0.25, 0.3) is 0 Å². The number of nitrogens with zero attached hydrogens (tertiary/aromatic N) is 2. The van der Waals surface area contributed by atoms with E-state index in [1.807, 2.05) is 0 Å². The Balaban J connectivity index is 1.63. The van der Waals surface area contributed by atoms with E-state index in [-0.39, 0.29) is 6.04 Å². The number of piperazine rings is 1. The molecule has 0 bridgehead atoms. The summed E-state index contributed by atoms with van der Waals surface area (Å²) >= 11 is 0. The number of hydrogen-bond acceptors (Lipinski definition) is 2. The molecule has 3 heteroatoms. The van der Waals surface area contributed by atoms with Crippen molar-refractivity contribution in [1.29, 1.82) is 0 Å². The highest BCUT2D eigenvalue weighted by atomic mass is 15.3. The average Bonchev–Trinajstić information content (AvgIpc) is 2.80. The van der Waals surface area contributed by atoms with Gasteiger partial charge in [0.05, 0.1) is 12.6 Å². The Kier molecular flexibility index (Phi) is 6.83. The van der Waals surface area contributed by atoms with Crippen LogP contribution in [-0.4, -0.2) is 23.8 Å². The van der Waals surface area contributed by atoms with Crippen LogP contribution in [0.3, 0.4) is 0 Å². The molecule has 0 amide bonds. The Hall–Kier alpha value is -2.91. The highest BCUT2D eigenvalue weighted by Gasteiger charge is 2.27. The van der Waals surface area contributed by atoms with Gasteiger partial charge in [-0.25, -0.2) is 0 Å². The zero-order valence-corrected chi connectivity index (χ0v) is 18.9. The third kappa shape index (κ3) is 5.42. The molecule has 3 aromatic rings. The molecule has 1 saturated heterocycles. The first-order chi connectivity index (χ1) is 15.1. The second-order valence-corrected chi connectivity index (χ2v) is 8.78. The second-order valence-electron chi connectivity index (χ2n) is 8.78. The molecule has 1 fully saturated rings. The van der Waals surface area contributed by atoms with Crippen molar-refractivity contribution in [3.05, 3.63) is 107 Å². The molecule has 0 saturated carbocycles. The Labute approximate surface area is 186 Å². The lowest BCUT2D eigenvalue weighted by molar-refractivity contribution is 0.343. The summed E-state index contributed by atoms with van der Waals surface area (Å²) in [5.74, 6) is 1.67. The van der Waals surface area contributed by atoms with Gasteiger partial charge in [-0.15, -0.1) is 0 Å². The maximum absolute atomic E-state index is 5.14. The molecule has 1 heterocycles. The van der Waals surface area contributed by atoms with Gasteiger partial charge < -0.3 is 10.2 Å². The molecule has 0 radical (unpaired) electrons. The van der Waals surface area contributed by atoms with Crippen LogP contribution < -0.4 is 5.32 Å². The lowest BCUT2D eigenvalue weighted by Gasteiger charge is -2.37. The number of aliphatic imine (C=N–C) groups is 1. The van der Waals surface area contributed by atoms with Crippen molar-refractivity contribution in [2.24, 2.45) is 4.99 Å². The first-order valence-electron chi connectivity index (χ1n) is 11.3. The molecule has 160 valence electrons. The van der Waals surface area contributed by atoms with E-state index < -0.39 is 0 Å². The molecule has 0 aromatic heterocycles. The first-order valence-corrected chi connectivity index (χ1v) is 11.3. The minimum atomic E-state index is 0.115. The topological polar surface area (TPSA) is 27.6 Å². The molecular weight excluding hydrogens is 378 g/mol. The maximum atomic E-state index is 5.14. The van der Waals surface area contributed by atoms with E-state index in [0.717, 1.165) is 25.5 Å². The largest absolute Gasteiger partial charge is 0.353 e. The number of hydrogen-bond donors (Lipinski definition) is 1. The van der Waals surface area contributed by atoms with Crippen LogP contribution in [-0.2, 0) is 13.1 Å². The minimum Gasteiger partial charge on any atom is -0.353 e. The van der Waals surface area contributed by atoms with Gasteiger partial charge in [0.1, 0.15) is 5.84 Å². The zero-order chi connectivity index (χ0) is 21.6. The summed E-state index contributed by atoms with van der Waals surface area (Å²) in [4.78, 5) is 7.59. The van der Waals surface area contributed by atoms with Crippen LogP contribution in [0.1, 0.15) is 53.6 Å². The Morgan fingerprint density at radius 1 is 0.903 bits per heavy atom. The minimum absolute atomic E-state index is 0.115. The van der Waals surface area contributed by atoms with Gasteiger partial charge in [0.15, 0.2) is 0 Å². The molecule has 0 spiro atoms. The number of nitrogens with one attached hydrogen (secondary N) is 1. The fourth-order valence-electron chi connectivity index (χ4n) is 4.09. The van der Waals surface area contributed by atoms with Gasteiger partial charge in [-0.3, -0.25) is 4.99 Å². The summed E-state index contributed by atoms with van der Waals surface area (Å²) in [6.45, 7) is 10.1. The van der Waals surface area contributed by atoms with Crippen molar-refractivity contribution >= 4 is 5.84 Å². The van der Waals surface area contributed by atoms with Gasteiger partial charge in [0, 0.05) is 19.6 Å². The monoisotopic (exact) mass is 411 g/mol. The van der Waals surface area contributed by atoms with Crippen LogP contribution in [0.15, 0.2) is 83.9 Å². The second kappa shape index (κ2) is 9.93. The number of rotatable bonds is 6. The van der Waals surface area contributed by atoms with E-state index in [0.29, 0.717) is 12.5 Å². The number of amidine groups is 1. The smallest absolute Gasteiger partial charge is 0.121 e. The van der Waals surface area contributed by atoms with Gasteiger partial charge in [0.2, 0.25) is 0 Å². The van der Waals surface area contributed by atoms with Crippen molar-refractivity contribution in [2.75, 3.05) is 13.1 Å². The Morgan fingerprint density at radius 3 is 2.29 bits per heavy atom. The molecule has 0 aliphatic carbocycles. The molecule has 1 N–H and O–H groups in total. The Bertz CT molecular complexity index is 989. The predicted octanol–water partition coefficient (Wildman–Crippen LogP) is 5.86. The fraction of sp³-hybridized carbons (Fsp3) is 0.321. The fourth-order valence-corrected chi connectivity index (χ4v) is 4.09. The van der Waals surface area contributed by atoms with Crippen molar-refractivity contribution in [3.8, 4) is 0 Å². The summed E-state index contributed by atoms with van der Waals surface area (Å²) in [5.41, 5.74) is 6.52. The maximum Gasteiger partial charge on any atom is 0.121 e. The third-order valence-corrected chi connectivity index (χ3v) is 6.01. The van der Waals surface area contributed by atoms with Crippen molar-refractivity contribution in [2.45, 2.75) is 45.8 Å². The van der Waals surface area contributed by atoms with E-state index in [4.69, 9.17) is 4.99 Å². The van der Waals surface area contributed by atoms with Gasteiger partial charge in [0.25, 0.3) is 0 Å². The normalized spacial score (nSPS) is 18.0. The summed E-state index contributed by atoms with van der Waals surface area (Å²) in [5, 5.41) is 3.72. The molecule has 1 aliphatic heterocycles. The van der Waals surface area contributed by atoms with Gasteiger partial charge >= 0.3 is 0 Å². The molecule has 1 aliphatic rings. The third-order valence-electron chi connectivity index (χ3n) is 6.01. The summed E-state index contributed by atoms with van der Waals surface area (Å²) in [6.07, 6.45) is 0. The van der Waals surface area contributed by atoms with E-state index in [9.17, 15) is 0 Å². The quantitative estimate of drug-likeness (QED) is 0.550. The van der Waals surface area contributed by atoms with Gasteiger partial charge in [-0.2, -0.15) is 0 Å². The standard InChI is InChI=1S/C28H33N3/c1-21(2)25-13-15-26(16-14-25)27-28(30-19-23-7-5-4-6-8-23)31(18-17-29-27)20-24-11-9-22(3)10-12-24/h4-16,21,27,29H,17-20H2,1-3H3/b30-28-. The lowest BCUT2D eigenvalue weighted by atomic mass is 9.97. The van der Waals surface area contributed by atoms with E-state index in [2.05, 4.69) is 110 Å². The van der Waals surface area contributed by atoms with Crippen molar-refractivity contribution in [3.63, 3.8) is 0 Å². The molecular formula is C28H33N3. The highest BCUT2D eigenvalue weighted by Crippen LogP contribution is 2.24. The summed E-state index contributed by atoms with van der Waals surface area (Å²) in [6, 6.07) is 28.5.